The number of anilines is 1. The predicted molar refractivity (Wildman–Crippen MR) is 132 cm³/mol. The Morgan fingerprint density at radius 1 is 0.939 bits per heavy atom. The lowest BCUT2D eigenvalue weighted by atomic mass is 10.0. The Hall–Kier alpha value is -3.32. The minimum Gasteiger partial charge on any atom is -0.494 e. The zero-order chi connectivity index (χ0) is 23.8. The second-order valence-corrected chi connectivity index (χ2v) is 8.72. The van der Waals surface area contributed by atoms with Crippen molar-refractivity contribution in [3.63, 3.8) is 0 Å². The monoisotopic (exact) mass is 467 g/mol. The molecule has 0 radical (unpaired) electrons. The smallest absolute Gasteiger partial charge is 0.341 e. The Kier molecular flexibility index (Phi) is 8.49. The molecule has 0 atom stereocenters. The van der Waals surface area contributed by atoms with Gasteiger partial charge in [0.25, 0.3) is 0 Å². The third kappa shape index (κ3) is 6.35. The number of hydrogen-bond acceptors (Lipinski definition) is 6. The minimum absolute atomic E-state index is 0.174. The average Bonchev–Trinajstić information content (AvgIpc) is 3.13. The molecule has 0 aliphatic rings. The van der Waals surface area contributed by atoms with Crippen LogP contribution in [0.1, 0.15) is 40.6 Å². The standard InChI is InChI=1S/C26H29NO5S/c1-5-31-20-14-10-19(11-15-20)23-18(3)33-25(24(23)26(29)30-4)27-22(28)7-6-16-32-21-12-8-17(2)9-13-21/h8-15H,5-7,16H2,1-4H3,(H,27,28). The van der Waals surface area contributed by atoms with Crippen LogP contribution in [0.15, 0.2) is 48.5 Å². The summed E-state index contributed by atoms with van der Waals surface area (Å²) in [5.41, 5.74) is 3.15. The van der Waals surface area contributed by atoms with Crippen molar-refractivity contribution in [2.75, 3.05) is 25.6 Å². The summed E-state index contributed by atoms with van der Waals surface area (Å²) in [5, 5.41) is 3.39. The van der Waals surface area contributed by atoms with Gasteiger partial charge in [-0.25, -0.2) is 4.79 Å². The number of aryl methyl sites for hydroxylation is 2. The molecule has 0 bridgehead atoms. The summed E-state index contributed by atoms with van der Waals surface area (Å²) in [6.45, 7) is 6.88. The maximum Gasteiger partial charge on any atom is 0.341 e. The predicted octanol–water partition coefficient (Wildman–Crippen LogP) is 6.01. The van der Waals surface area contributed by atoms with Gasteiger partial charge in [0.2, 0.25) is 5.91 Å². The van der Waals surface area contributed by atoms with Crippen LogP contribution in [0.3, 0.4) is 0 Å². The van der Waals surface area contributed by atoms with Gasteiger partial charge >= 0.3 is 5.97 Å². The number of ether oxygens (including phenoxy) is 3. The summed E-state index contributed by atoms with van der Waals surface area (Å²) in [6.07, 6.45) is 0.838. The van der Waals surface area contributed by atoms with Gasteiger partial charge in [-0.3, -0.25) is 4.79 Å². The highest BCUT2D eigenvalue weighted by Crippen LogP contribution is 2.40. The number of thiophene rings is 1. The van der Waals surface area contributed by atoms with Crippen LogP contribution in [0, 0.1) is 13.8 Å². The highest BCUT2D eigenvalue weighted by atomic mass is 32.1. The first-order valence-corrected chi connectivity index (χ1v) is 11.7. The third-order valence-corrected chi connectivity index (χ3v) is 6.04. The number of benzene rings is 2. The largest absolute Gasteiger partial charge is 0.494 e. The Bertz CT molecular complexity index is 1090. The summed E-state index contributed by atoms with van der Waals surface area (Å²) in [4.78, 5) is 26.1. The van der Waals surface area contributed by atoms with Crippen molar-refractivity contribution < 1.29 is 23.8 Å². The van der Waals surface area contributed by atoms with Crippen LogP contribution in [0.5, 0.6) is 11.5 Å². The van der Waals surface area contributed by atoms with E-state index in [1.54, 1.807) is 0 Å². The molecule has 1 amide bonds. The maximum atomic E-state index is 12.6. The molecule has 174 valence electrons. The number of methoxy groups -OCH3 is 1. The highest BCUT2D eigenvalue weighted by molar-refractivity contribution is 7.17. The zero-order valence-corrected chi connectivity index (χ0v) is 20.2. The van der Waals surface area contributed by atoms with Crippen LogP contribution in [0.2, 0.25) is 0 Å². The van der Waals surface area contributed by atoms with Gasteiger partial charge in [0.15, 0.2) is 0 Å². The topological polar surface area (TPSA) is 73.9 Å². The molecule has 0 aliphatic heterocycles. The first-order chi connectivity index (χ1) is 15.9. The molecule has 0 spiro atoms. The van der Waals surface area contributed by atoms with Crippen LogP contribution < -0.4 is 14.8 Å². The molecule has 6 nitrogen and oxygen atoms in total. The van der Waals surface area contributed by atoms with Gasteiger partial charge in [0.1, 0.15) is 22.1 Å². The van der Waals surface area contributed by atoms with Crippen LogP contribution >= 0.6 is 11.3 Å². The van der Waals surface area contributed by atoms with Gasteiger partial charge in [0, 0.05) is 16.9 Å². The Balaban J connectivity index is 1.69. The van der Waals surface area contributed by atoms with Crippen molar-refractivity contribution in [2.45, 2.75) is 33.6 Å². The average molecular weight is 468 g/mol. The van der Waals surface area contributed by atoms with E-state index in [4.69, 9.17) is 14.2 Å². The maximum absolute atomic E-state index is 12.6. The molecule has 1 aromatic heterocycles. The van der Waals surface area contributed by atoms with Crippen LogP contribution in [0.25, 0.3) is 11.1 Å². The number of hydrogen-bond donors (Lipinski definition) is 1. The summed E-state index contributed by atoms with van der Waals surface area (Å²) in [5.74, 6) is 0.881. The summed E-state index contributed by atoms with van der Waals surface area (Å²) in [7, 11) is 1.34. The second-order valence-electron chi connectivity index (χ2n) is 7.50. The molecule has 1 heterocycles. The first-order valence-electron chi connectivity index (χ1n) is 10.9. The number of nitrogens with one attached hydrogen (secondary N) is 1. The lowest BCUT2D eigenvalue weighted by Crippen LogP contribution is -2.14. The quantitative estimate of drug-likeness (QED) is 0.292. The van der Waals surface area contributed by atoms with E-state index in [9.17, 15) is 9.59 Å². The van der Waals surface area contributed by atoms with Gasteiger partial charge in [-0.2, -0.15) is 0 Å². The fourth-order valence-corrected chi connectivity index (χ4v) is 4.49. The second kappa shape index (κ2) is 11.5. The lowest BCUT2D eigenvalue weighted by Gasteiger charge is -2.09. The molecule has 0 saturated heterocycles. The van der Waals surface area contributed by atoms with E-state index in [0.29, 0.717) is 30.2 Å². The molecular formula is C26H29NO5S. The van der Waals surface area contributed by atoms with Crippen LogP contribution in [-0.2, 0) is 9.53 Å². The van der Waals surface area contributed by atoms with Crippen molar-refractivity contribution in [1.29, 1.82) is 0 Å². The van der Waals surface area contributed by atoms with Gasteiger partial charge in [-0.15, -0.1) is 11.3 Å². The summed E-state index contributed by atoms with van der Waals surface area (Å²) < 4.78 is 16.2. The molecule has 3 aromatic rings. The Labute approximate surface area is 198 Å². The van der Waals surface area contributed by atoms with Crippen molar-refractivity contribution in [1.82, 2.24) is 0 Å². The molecule has 0 fully saturated rings. The number of esters is 1. The molecule has 3 rings (SSSR count). The van der Waals surface area contributed by atoms with Gasteiger partial charge in [0.05, 0.1) is 20.3 Å². The number of rotatable bonds is 10. The van der Waals surface area contributed by atoms with Crippen LogP contribution in [0.4, 0.5) is 5.00 Å². The van der Waals surface area contributed by atoms with Crippen molar-refractivity contribution in [3.8, 4) is 22.6 Å². The van der Waals surface area contributed by atoms with Crippen molar-refractivity contribution >= 4 is 28.2 Å². The van der Waals surface area contributed by atoms with E-state index in [-0.39, 0.29) is 12.3 Å². The molecule has 0 aliphatic carbocycles. The molecule has 2 aromatic carbocycles. The van der Waals surface area contributed by atoms with Crippen molar-refractivity contribution in [2.24, 2.45) is 0 Å². The molecule has 7 heteroatoms. The number of amides is 1. The van der Waals surface area contributed by atoms with E-state index >= 15 is 0 Å². The molecule has 33 heavy (non-hydrogen) atoms. The Morgan fingerprint density at radius 3 is 2.21 bits per heavy atom. The van der Waals surface area contributed by atoms with E-state index < -0.39 is 5.97 Å². The van der Waals surface area contributed by atoms with E-state index in [1.807, 2.05) is 69.3 Å². The summed E-state index contributed by atoms with van der Waals surface area (Å²) in [6, 6.07) is 15.3. The molecule has 1 N–H and O–H groups in total. The Morgan fingerprint density at radius 2 is 1.58 bits per heavy atom. The number of carbonyl (C=O) groups excluding carboxylic acids is 2. The fraction of sp³-hybridized carbons (Fsp3) is 0.308. The third-order valence-electron chi connectivity index (χ3n) is 5.02. The normalized spacial score (nSPS) is 10.5. The molecule has 0 saturated carbocycles. The fourth-order valence-electron chi connectivity index (χ4n) is 3.41. The lowest BCUT2D eigenvalue weighted by molar-refractivity contribution is -0.116. The highest BCUT2D eigenvalue weighted by Gasteiger charge is 2.25. The SMILES string of the molecule is CCOc1ccc(-c2c(C)sc(NC(=O)CCCOc3ccc(C)cc3)c2C(=O)OC)cc1. The van der Waals surface area contributed by atoms with Crippen molar-refractivity contribution in [3.05, 3.63) is 64.5 Å². The first kappa shape index (κ1) is 24.3. The van der Waals surface area contributed by atoms with E-state index in [1.165, 1.54) is 24.0 Å². The number of carbonyl (C=O) groups is 2. The molecular weight excluding hydrogens is 438 g/mol. The van der Waals surface area contributed by atoms with Gasteiger partial charge < -0.3 is 19.5 Å². The van der Waals surface area contributed by atoms with E-state index in [2.05, 4.69) is 5.32 Å². The van der Waals surface area contributed by atoms with Crippen LogP contribution in [-0.4, -0.2) is 32.2 Å². The molecule has 0 unspecified atom stereocenters. The zero-order valence-electron chi connectivity index (χ0n) is 19.4. The summed E-state index contributed by atoms with van der Waals surface area (Å²) >= 11 is 1.36. The minimum atomic E-state index is -0.485. The van der Waals surface area contributed by atoms with E-state index in [0.717, 1.165) is 27.5 Å². The van der Waals surface area contributed by atoms with Gasteiger partial charge in [-0.05, 0) is 57.0 Å². The van der Waals surface area contributed by atoms with Gasteiger partial charge in [-0.1, -0.05) is 29.8 Å².